The van der Waals surface area contributed by atoms with Crippen LogP contribution in [0.2, 0.25) is 0 Å². The molecule has 0 aliphatic rings. The maximum absolute atomic E-state index is 12.4. The predicted octanol–water partition coefficient (Wildman–Crippen LogP) is 3.36. The van der Waals surface area contributed by atoms with Crippen LogP contribution in [0.4, 0.5) is 11.5 Å². The Bertz CT molecular complexity index is 667. The number of ether oxygens (including phenoxy) is 1. The van der Waals surface area contributed by atoms with Gasteiger partial charge in [-0.05, 0) is 52.0 Å². The minimum Gasteiger partial charge on any atom is -0.489 e. The van der Waals surface area contributed by atoms with Crippen molar-refractivity contribution in [2.24, 2.45) is 0 Å². The lowest BCUT2D eigenvalue weighted by molar-refractivity contribution is 0.102. The molecule has 2 aromatic rings. The molecule has 1 N–H and O–H groups in total. The van der Waals surface area contributed by atoms with Crippen molar-refractivity contribution in [1.82, 2.24) is 10.2 Å². The number of rotatable bonds is 7. The molecule has 0 saturated carbocycles. The SMILES string of the molecule is CCN(CC)c1ccc(C(=O)Nc2ccccc2OC(C)C)nn1. The maximum Gasteiger partial charge on any atom is 0.276 e. The molecular weight excluding hydrogens is 304 g/mol. The quantitative estimate of drug-likeness (QED) is 0.844. The lowest BCUT2D eigenvalue weighted by Gasteiger charge is -2.18. The van der Waals surface area contributed by atoms with E-state index in [-0.39, 0.29) is 17.7 Å². The minimum atomic E-state index is -0.312. The number of aromatic nitrogens is 2. The molecule has 0 radical (unpaired) electrons. The first-order valence-electron chi connectivity index (χ1n) is 8.20. The van der Waals surface area contributed by atoms with Crippen LogP contribution < -0.4 is 15.0 Å². The van der Waals surface area contributed by atoms with E-state index in [0.29, 0.717) is 11.4 Å². The summed E-state index contributed by atoms with van der Waals surface area (Å²) in [5.74, 6) is 1.09. The Morgan fingerprint density at radius 2 is 1.83 bits per heavy atom. The molecule has 2 rings (SSSR count). The highest BCUT2D eigenvalue weighted by Crippen LogP contribution is 2.25. The second kappa shape index (κ2) is 8.29. The van der Waals surface area contributed by atoms with Crippen molar-refractivity contribution in [3.05, 3.63) is 42.1 Å². The van der Waals surface area contributed by atoms with E-state index in [4.69, 9.17) is 4.74 Å². The van der Waals surface area contributed by atoms with E-state index in [9.17, 15) is 4.79 Å². The summed E-state index contributed by atoms with van der Waals surface area (Å²) in [6.45, 7) is 9.67. The Hall–Kier alpha value is -2.63. The minimum absolute atomic E-state index is 0.0243. The molecule has 1 aromatic carbocycles. The average molecular weight is 328 g/mol. The van der Waals surface area contributed by atoms with Gasteiger partial charge in [0.05, 0.1) is 11.8 Å². The molecule has 6 heteroatoms. The number of nitrogens with zero attached hydrogens (tertiary/aromatic N) is 3. The molecule has 0 spiro atoms. The molecule has 0 aliphatic carbocycles. The van der Waals surface area contributed by atoms with Gasteiger partial charge in [-0.3, -0.25) is 4.79 Å². The topological polar surface area (TPSA) is 67.4 Å². The molecule has 128 valence electrons. The lowest BCUT2D eigenvalue weighted by atomic mass is 10.2. The number of hydrogen-bond donors (Lipinski definition) is 1. The van der Waals surface area contributed by atoms with Crippen molar-refractivity contribution in [3.63, 3.8) is 0 Å². The van der Waals surface area contributed by atoms with Gasteiger partial charge in [-0.25, -0.2) is 0 Å². The van der Waals surface area contributed by atoms with Gasteiger partial charge < -0.3 is 15.0 Å². The first-order valence-corrected chi connectivity index (χ1v) is 8.20. The van der Waals surface area contributed by atoms with Crippen LogP contribution in [0.3, 0.4) is 0 Å². The van der Waals surface area contributed by atoms with E-state index < -0.39 is 0 Å². The summed E-state index contributed by atoms with van der Waals surface area (Å²) >= 11 is 0. The largest absolute Gasteiger partial charge is 0.489 e. The van der Waals surface area contributed by atoms with Gasteiger partial charge in [-0.2, -0.15) is 0 Å². The van der Waals surface area contributed by atoms with Crippen LogP contribution in [0.15, 0.2) is 36.4 Å². The van der Waals surface area contributed by atoms with Crippen LogP contribution in [0.1, 0.15) is 38.2 Å². The molecule has 6 nitrogen and oxygen atoms in total. The molecule has 1 aromatic heterocycles. The van der Waals surface area contributed by atoms with Crippen LogP contribution in [-0.4, -0.2) is 35.3 Å². The lowest BCUT2D eigenvalue weighted by Crippen LogP contribution is -2.24. The molecule has 0 fully saturated rings. The Kier molecular flexibility index (Phi) is 6.12. The zero-order valence-electron chi connectivity index (χ0n) is 14.6. The van der Waals surface area contributed by atoms with Gasteiger partial charge in [-0.15, -0.1) is 10.2 Å². The molecule has 0 unspecified atom stereocenters. The van der Waals surface area contributed by atoms with Crippen molar-refractivity contribution in [1.29, 1.82) is 0 Å². The summed E-state index contributed by atoms with van der Waals surface area (Å²) in [6.07, 6.45) is 0.0243. The molecule has 0 aliphatic heterocycles. The fourth-order valence-corrected chi connectivity index (χ4v) is 2.28. The number of benzene rings is 1. The summed E-state index contributed by atoms with van der Waals surface area (Å²) in [5.41, 5.74) is 0.885. The number of nitrogens with one attached hydrogen (secondary N) is 1. The molecule has 0 atom stereocenters. The summed E-state index contributed by atoms with van der Waals surface area (Å²) < 4.78 is 5.70. The van der Waals surface area contributed by atoms with Crippen molar-refractivity contribution in [2.75, 3.05) is 23.3 Å². The number of carbonyl (C=O) groups is 1. The smallest absolute Gasteiger partial charge is 0.276 e. The number of anilines is 2. The van der Waals surface area contributed by atoms with Crippen LogP contribution in [0.5, 0.6) is 5.75 Å². The molecule has 1 amide bonds. The first kappa shape index (κ1) is 17.7. The second-order valence-corrected chi connectivity index (χ2v) is 5.57. The van der Waals surface area contributed by atoms with Gasteiger partial charge in [0.15, 0.2) is 11.5 Å². The highest BCUT2D eigenvalue weighted by molar-refractivity contribution is 6.03. The van der Waals surface area contributed by atoms with Crippen LogP contribution >= 0.6 is 0 Å². The highest BCUT2D eigenvalue weighted by Gasteiger charge is 2.13. The Morgan fingerprint density at radius 1 is 1.12 bits per heavy atom. The third kappa shape index (κ3) is 4.44. The second-order valence-electron chi connectivity index (χ2n) is 5.57. The number of carbonyl (C=O) groups excluding carboxylic acids is 1. The van der Waals surface area contributed by atoms with Gasteiger partial charge >= 0.3 is 0 Å². The number of amides is 1. The Morgan fingerprint density at radius 3 is 2.42 bits per heavy atom. The van der Waals surface area contributed by atoms with Gasteiger partial charge in [0.2, 0.25) is 0 Å². The zero-order valence-corrected chi connectivity index (χ0v) is 14.6. The van der Waals surface area contributed by atoms with Crippen molar-refractivity contribution in [2.45, 2.75) is 33.8 Å². The highest BCUT2D eigenvalue weighted by atomic mass is 16.5. The van der Waals surface area contributed by atoms with Gasteiger partial charge in [0, 0.05) is 13.1 Å². The third-order valence-electron chi connectivity index (χ3n) is 3.47. The fraction of sp³-hybridized carbons (Fsp3) is 0.389. The fourth-order valence-electron chi connectivity index (χ4n) is 2.28. The van der Waals surface area contributed by atoms with E-state index in [1.54, 1.807) is 12.1 Å². The Balaban J connectivity index is 2.13. The first-order chi connectivity index (χ1) is 11.5. The van der Waals surface area contributed by atoms with Crippen molar-refractivity contribution in [3.8, 4) is 5.75 Å². The molecule has 1 heterocycles. The van der Waals surface area contributed by atoms with Gasteiger partial charge in [0.1, 0.15) is 5.75 Å². The number of para-hydroxylation sites is 2. The molecule has 0 saturated heterocycles. The maximum atomic E-state index is 12.4. The summed E-state index contributed by atoms with van der Waals surface area (Å²) in [4.78, 5) is 14.5. The summed E-state index contributed by atoms with van der Waals surface area (Å²) in [5, 5.41) is 11.0. The van der Waals surface area contributed by atoms with Gasteiger partial charge in [-0.1, -0.05) is 12.1 Å². The molecule has 0 bridgehead atoms. The molecular formula is C18H24N4O2. The van der Waals surface area contributed by atoms with E-state index in [1.165, 1.54) is 0 Å². The standard InChI is InChI=1S/C18H24N4O2/c1-5-22(6-2)17-12-11-15(20-21-17)18(23)19-14-9-7-8-10-16(14)24-13(3)4/h7-13H,5-6H2,1-4H3,(H,19,23). The van der Waals surface area contributed by atoms with Crippen LogP contribution in [0, 0.1) is 0 Å². The van der Waals surface area contributed by atoms with E-state index in [2.05, 4.69) is 34.3 Å². The third-order valence-corrected chi connectivity index (χ3v) is 3.47. The normalized spacial score (nSPS) is 10.5. The Labute approximate surface area is 142 Å². The number of hydrogen-bond acceptors (Lipinski definition) is 5. The van der Waals surface area contributed by atoms with E-state index in [1.807, 2.05) is 38.1 Å². The molecule has 24 heavy (non-hydrogen) atoms. The van der Waals surface area contributed by atoms with Crippen LogP contribution in [0.25, 0.3) is 0 Å². The van der Waals surface area contributed by atoms with Gasteiger partial charge in [0.25, 0.3) is 5.91 Å². The van der Waals surface area contributed by atoms with Crippen molar-refractivity contribution < 1.29 is 9.53 Å². The predicted molar refractivity (Wildman–Crippen MR) is 95.8 cm³/mol. The van der Waals surface area contributed by atoms with Crippen molar-refractivity contribution >= 4 is 17.4 Å². The summed E-state index contributed by atoms with van der Waals surface area (Å²) in [7, 11) is 0. The summed E-state index contributed by atoms with van der Waals surface area (Å²) in [6, 6.07) is 10.8. The van der Waals surface area contributed by atoms with Crippen LogP contribution in [-0.2, 0) is 0 Å². The average Bonchev–Trinajstić information content (AvgIpc) is 2.58. The van der Waals surface area contributed by atoms with E-state index in [0.717, 1.165) is 18.9 Å². The monoisotopic (exact) mass is 328 g/mol. The van der Waals surface area contributed by atoms with E-state index >= 15 is 0 Å². The zero-order chi connectivity index (χ0) is 17.5.